The van der Waals surface area contributed by atoms with Crippen LogP contribution in [0.2, 0.25) is 0 Å². The first kappa shape index (κ1) is 21.5. The average Bonchev–Trinajstić information content (AvgIpc) is 2.63. The summed E-state index contributed by atoms with van der Waals surface area (Å²) in [7, 11) is -3.70. The summed E-state index contributed by atoms with van der Waals surface area (Å²) >= 11 is 0. The number of hydrogen-bond donors (Lipinski definition) is 1. The van der Waals surface area contributed by atoms with Crippen LogP contribution in [0.25, 0.3) is 0 Å². The summed E-state index contributed by atoms with van der Waals surface area (Å²) < 4.78 is 41.5. The second kappa shape index (κ2) is 8.24. The van der Waals surface area contributed by atoms with Crippen molar-refractivity contribution in [3.8, 4) is 0 Å². The van der Waals surface area contributed by atoms with E-state index in [1.807, 2.05) is 19.1 Å². The molecule has 1 amide bonds. The minimum Gasteiger partial charge on any atom is -0.325 e. The van der Waals surface area contributed by atoms with Gasteiger partial charge >= 0.3 is 0 Å². The Bertz CT molecular complexity index is 1030. The van der Waals surface area contributed by atoms with Crippen molar-refractivity contribution in [3.63, 3.8) is 0 Å². The topological polar surface area (TPSA) is 66.5 Å². The molecule has 1 heterocycles. The number of rotatable bonds is 4. The zero-order valence-corrected chi connectivity index (χ0v) is 18.1. The second-order valence-corrected chi connectivity index (χ2v) is 9.75. The fourth-order valence-electron chi connectivity index (χ4n) is 4.04. The predicted octanol–water partition coefficient (Wildman–Crippen LogP) is 4.10. The Kier molecular flexibility index (Phi) is 6.10. The molecule has 0 radical (unpaired) electrons. The van der Waals surface area contributed by atoms with Crippen molar-refractivity contribution in [2.45, 2.75) is 45.4 Å². The summed E-state index contributed by atoms with van der Waals surface area (Å²) in [6, 6.07) is 7.95. The Morgan fingerprint density at radius 3 is 2.38 bits per heavy atom. The fraction of sp³-hybridized carbons (Fsp3) is 0.409. The molecule has 0 unspecified atom stereocenters. The molecule has 1 fully saturated rings. The first-order chi connectivity index (χ1) is 13.6. The highest BCUT2D eigenvalue weighted by Gasteiger charge is 2.35. The number of sulfonamides is 1. The first-order valence-electron chi connectivity index (χ1n) is 9.74. The number of hydrogen-bond acceptors (Lipinski definition) is 3. The molecule has 1 aliphatic heterocycles. The lowest BCUT2D eigenvalue weighted by molar-refractivity contribution is -0.120. The van der Waals surface area contributed by atoms with Crippen LogP contribution in [0.4, 0.5) is 10.1 Å². The van der Waals surface area contributed by atoms with Crippen molar-refractivity contribution >= 4 is 21.6 Å². The molecule has 156 valence electrons. The summed E-state index contributed by atoms with van der Waals surface area (Å²) in [5, 5.41) is 2.76. The van der Waals surface area contributed by atoms with Gasteiger partial charge < -0.3 is 5.32 Å². The summed E-state index contributed by atoms with van der Waals surface area (Å²) in [6.07, 6.45) is 1.20. The number of carbonyl (C=O) groups excluding carboxylic acids is 1. The molecule has 7 heteroatoms. The van der Waals surface area contributed by atoms with Gasteiger partial charge in [-0.15, -0.1) is 0 Å². The maximum atomic E-state index is 13.5. The molecule has 2 aromatic carbocycles. The number of piperidine rings is 1. The van der Waals surface area contributed by atoms with Gasteiger partial charge in [-0.3, -0.25) is 4.79 Å². The van der Waals surface area contributed by atoms with Gasteiger partial charge in [0, 0.05) is 18.8 Å². The quantitative estimate of drug-likeness (QED) is 0.813. The van der Waals surface area contributed by atoms with Crippen LogP contribution in [-0.4, -0.2) is 31.7 Å². The van der Waals surface area contributed by atoms with E-state index in [2.05, 4.69) is 5.32 Å². The average molecular weight is 419 g/mol. The number of benzene rings is 2. The molecule has 1 aliphatic rings. The van der Waals surface area contributed by atoms with E-state index in [0.717, 1.165) is 11.1 Å². The van der Waals surface area contributed by atoms with Gasteiger partial charge in [0.1, 0.15) is 5.82 Å². The lowest BCUT2D eigenvalue weighted by atomic mass is 9.98. The highest BCUT2D eigenvalue weighted by atomic mass is 32.2. The van der Waals surface area contributed by atoms with Crippen LogP contribution < -0.4 is 5.32 Å². The fourth-order valence-corrected chi connectivity index (χ4v) is 5.98. The molecule has 1 atom stereocenters. The van der Waals surface area contributed by atoms with Gasteiger partial charge in [0.15, 0.2) is 0 Å². The maximum absolute atomic E-state index is 13.5. The monoisotopic (exact) mass is 418 g/mol. The van der Waals surface area contributed by atoms with Crippen LogP contribution >= 0.6 is 0 Å². The van der Waals surface area contributed by atoms with Gasteiger partial charge in [0.05, 0.1) is 10.8 Å². The van der Waals surface area contributed by atoms with Crippen molar-refractivity contribution in [3.05, 3.63) is 58.4 Å². The summed E-state index contributed by atoms with van der Waals surface area (Å²) in [5.74, 6) is -1.19. The van der Waals surface area contributed by atoms with E-state index in [1.54, 1.807) is 26.8 Å². The van der Waals surface area contributed by atoms with Crippen LogP contribution in [0, 0.1) is 39.4 Å². The minimum atomic E-state index is -3.70. The van der Waals surface area contributed by atoms with Crippen molar-refractivity contribution < 1.29 is 17.6 Å². The number of carbonyl (C=O) groups is 1. The normalized spacial score (nSPS) is 17.9. The summed E-state index contributed by atoms with van der Waals surface area (Å²) in [6.45, 7) is 7.83. The van der Waals surface area contributed by atoms with Gasteiger partial charge in [-0.05, 0) is 69.4 Å². The van der Waals surface area contributed by atoms with Crippen molar-refractivity contribution in [1.29, 1.82) is 0 Å². The molecule has 0 aromatic heterocycles. The van der Waals surface area contributed by atoms with Gasteiger partial charge in [0.25, 0.3) is 0 Å². The van der Waals surface area contributed by atoms with Crippen LogP contribution in [-0.2, 0) is 14.8 Å². The largest absolute Gasteiger partial charge is 0.325 e. The zero-order chi connectivity index (χ0) is 21.3. The number of nitrogens with one attached hydrogen (secondary N) is 1. The molecule has 1 N–H and O–H groups in total. The smallest absolute Gasteiger partial charge is 0.243 e. The zero-order valence-electron chi connectivity index (χ0n) is 17.3. The van der Waals surface area contributed by atoms with E-state index in [0.29, 0.717) is 41.1 Å². The molecule has 5 nitrogen and oxygen atoms in total. The molecular weight excluding hydrogens is 391 g/mol. The number of amides is 1. The molecule has 3 rings (SSSR count). The van der Waals surface area contributed by atoms with Gasteiger partial charge in [-0.2, -0.15) is 4.31 Å². The lowest BCUT2D eigenvalue weighted by Crippen LogP contribution is -2.44. The maximum Gasteiger partial charge on any atom is 0.243 e. The lowest BCUT2D eigenvalue weighted by Gasteiger charge is -2.32. The number of aryl methyl sites for hydroxylation is 4. The Morgan fingerprint density at radius 2 is 1.72 bits per heavy atom. The molecule has 0 spiro atoms. The van der Waals surface area contributed by atoms with Crippen molar-refractivity contribution in [2.24, 2.45) is 5.92 Å². The first-order valence-corrected chi connectivity index (χ1v) is 11.2. The van der Waals surface area contributed by atoms with E-state index in [1.165, 1.54) is 16.4 Å². The Labute approximate surface area is 172 Å². The Morgan fingerprint density at radius 1 is 1.07 bits per heavy atom. The molecule has 1 saturated heterocycles. The summed E-state index contributed by atoms with van der Waals surface area (Å²) in [5.41, 5.74) is 3.61. The third-order valence-electron chi connectivity index (χ3n) is 5.41. The van der Waals surface area contributed by atoms with E-state index in [9.17, 15) is 17.6 Å². The van der Waals surface area contributed by atoms with Gasteiger partial charge in [-0.25, -0.2) is 12.8 Å². The molecule has 0 saturated carbocycles. The number of anilines is 1. The van der Waals surface area contributed by atoms with E-state index < -0.39 is 21.8 Å². The van der Waals surface area contributed by atoms with E-state index >= 15 is 0 Å². The van der Waals surface area contributed by atoms with Crippen molar-refractivity contribution in [1.82, 2.24) is 4.31 Å². The van der Waals surface area contributed by atoms with E-state index in [4.69, 9.17) is 0 Å². The van der Waals surface area contributed by atoms with Crippen LogP contribution in [0.3, 0.4) is 0 Å². The van der Waals surface area contributed by atoms with Gasteiger partial charge in [0.2, 0.25) is 15.9 Å². The molecule has 0 aliphatic carbocycles. The SMILES string of the molecule is Cc1cc(C)c(S(=O)(=O)N2CCC[C@@H](C(=O)Nc3cc(F)ccc3C)C2)c(C)c1. The van der Waals surface area contributed by atoms with Crippen LogP contribution in [0.5, 0.6) is 0 Å². The third-order valence-corrected chi connectivity index (χ3v) is 7.59. The van der Waals surface area contributed by atoms with Crippen LogP contribution in [0.15, 0.2) is 35.2 Å². The minimum absolute atomic E-state index is 0.120. The Balaban J connectivity index is 1.81. The molecule has 2 aromatic rings. The highest BCUT2D eigenvalue weighted by Crippen LogP contribution is 2.29. The molecule has 0 bridgehead atoms. The molecular formula is C22H27FN2O3S. The second-order valence-electron chi connectivity index (χ2n) is 7.88. The highest BCUT2D eigenvalue weighted by molar-refractivity contribution is 7.89. The summed E-state index contributed by atoms with van der Waals surface area (Å²) in [4.78, 5) is 13.1. The van der Waals surface area contributed by atoms with Gasteiger partial charge in [-0.1, -0.05) is 23.8 Å². The Hall–Kier alpha value is -2.25. The predicted molar refractivity (Wildman–Crippen MR) is 112 cm³/mol. The number of halogens is 1. The van der Waals surface area contributed by atoms with Crippen LogP contribution in [0.1, 0.15) is 35.1 Å². The molecule has 29 heavy (non-hydrogen) atoms. The standard InChI is InChI=1S/C22H27FN2O3S/c1-14-10-16(3)21(17(4)11-14)29(27,28)25-9-5-6-18(13-25)22(26)24-20-12-19(23)8-7-15(20)2/h7-8,10-12,18H,5-6,9,13H2,1-4H3,(H,24,26)/t18-/m1/s1. The number of nitrogens with zero attached hydrogens (tertiary/aromatic N) is 1. The third kappa shape index (κ3) is 4.51. The van der Waals surface area contributed by atoms with Crippen molar-refractivity contribution in [2.75, 3.05) is 18.4 Å². The van der Waals surface area contributed by atoms with E-state index in [-0.39, 0.29) is 12.5 Å².